The van der Waals surface area contributed by atoms with Crippen molar-refractivity contribution in [2.75, 3.05) is 13.6 Å². The molecule has 2 rings (SSSR count). The Morgan fingerprint density at radius 3 is 2.75 bits per heavy atom. The lowest BCUT2D eigenvalue weighted by Crippen LogP contribution is -2.33. The summed E-state index contributed by atoms with van der Waals surface area (Å²) < 4.78 is 0. The summed E-state index contributed by atoms with van der Waals surface area (Å²) in [6, 6.07) is 1.08. The fourth-order valence-electron chi connectivity index (χ4n) is 1.73. The zero-order chi connectivity index (χ0) is 14.7. The highest BCUT2D eigenvalue weighted by Gasteiger charge is 2.14. The number of aryl methyl sites for hydroxylation is 1. The molecule has 0 aliphatic carbocycles. The van der Waals surface area contributed by atoms with Gasteiger partial charge in [-0.2, -0.15) is 0 Å². The van der Waals surface area contributed by atoms with Crippen molar-refractivity contribution in [3.8, 4) is 0 Å². The number of H-pyrrole nitrogens is 2. The highest BCUT2D eigenvalue weighted by molar-refractivity contribution is 7.09. The van der Waals surface area contributed by atoms with Crippen LogP contribution < -0.4 is 11.2 Å². The van der Waals surface area contributed by atoms with Gasteiger partial charge in [-0.15, -0.1) is 11.3 Å². The topological polar surface area (TPSA) is 98.9 Å². The Morgan fingerprint density at radius 2 is 2.15 bits per heavy atom. The number of amides is 1. The van der Waals surface area contributed by atoms with Gasteiger partial charge >= 0.3 is 5.69 Å². The zero-order valence-electron chi connectivity index (χ0n) is 11.1. The summed E-state index contributed by atoms with van der Waals surface area (Å²) in [5.74, 6) is -0.393. The minimum absolute atomic E-state index is 0.0118. The second-order valence-corrected chi connectivity index (χ2v) is 5.28. The maximum atomic E-state index is 12.1. The number of aromatic amines is 2. The van der Waals surface area contributed by atoms with Crippen molar-refractivity contribution >= 4 is 17.2 Å². The summed E-state index contributed by atoms with van der Waals surface area (Å²) in [6.45, 7) is 2.40. The molecule has 0 unspecified atom stereocenters. The van der Waals surface area contributed by atoms with Crippen LogP contribution >= 0.6 is 11.3 Å². The molecule has 0 saturated carbocycles. The van der Waals surface area contributed by atoms with Crippen molar-refractivity contribution in [2.45, 2.75) is 13.3 Å². The molecule has 20 heavy (non-hydrogen) atoms. The first kappa shape index (κ1) is 14.2. The van der Waals surface area contributed by atoms with Crippen molar-refractivity contribution in [1.82, 2.24) is 19.9 Å². The van der Waals surface area contributed by atoms with Gasteiger partial charge in [0, 0.05) is 31.0 Å². The van der Waals surface area contributed by atoms with E-state index < -0.39 is 17.2 Å². The van der Waals surface area contributed by atoms with Crippen molar-refractivity contribution in [3.05, 3.63) is 48.7 Å². The van der Waals surface area contributed by atoms with Crippen LogP contribution in [0.5, 0.6) is 0 Å². The molecule has 1 amide bonds. The van der Waals surface area contributed by atoms with Gasteiger partial charge in [0.15, 0.2) is 0 Å². The first-order chi connectivity index (χ1) is 9.47. The van der Waals surface area contributed by atoms with Crippen LogP contribution in [0.3, 0.4) is 0 Å². The van der Waals surface area contributed by atoms with Crippen LogP contribution in [0.1, 0.15) is 21.1 Å². The fraction of sp³-hybridized carbons (Fsp3) is 0.333. The van der Waals surface area contributed by atoms with Crippen LogP contribution in [0, 0.1) is 6.92 Å². The number of hydrogen-bond acceptors (Lipinski definition) is 5. The number of thiazole rings is 1. The lowest BCUT2D eigenvalue weighted by Gasteiger charge is -2.16. The van der Waals surface area contributed by atoms with E-state index in [4.69, 9.17) is 0 Å². The average molecular weight is 294 g/mol. The Morgan fingerprint density at radius 1 is 1.40 bits per heavy atom. The Balaban J connectivity index is 2.07. The van der Waals surface area contributed by atoms with Crippen molar-refractivity contribution < 1.29 is 4.79 Å². The van der Waals surface area contributed by atoms with Crippen molar-refractivity contribution in [3.63, 3.8) is 0 Å². The molecule has 0 radical (unpaired) electrons. The second kappa shape index (κ2) is 5.83. The molecule has 7 nitrogen and oxygen atoms in total. The van der Waals surface area contributed by atoms with Gasteiger partial charge in [-0.3, -0.25) is 14.6 Å². The zero-order valence-corrected chi connectivity index (χ0v) is 11.9. The Hall–Kier alpha value is -2.22. The smallest absolute Gasteiger partial charge is 0.326 e. The van der Waals surface area contributed by atoms with Crippen molar-refractivity contribution in [1.29, 1.82) is 0 Å². The number of aromatic nitrogens is 3. The summed E-state index contributed by atoms with van der Waals surface area (Å²) in [5, 5.41) is 0. The van der Waals surface area contributed by atoms with E-state index in [9.17, 15) is 14.4 Å². The van der Waals surface area contributed by atoms with E-state index >= 15 is 0 Å². The lowest BCUT2D eigenvalue weighted by molar-refractivity contribution is 0.0790. The van der Waals surface area contributed by atoms with Crippen LogP contribution in [-0.4, -0.2) is 39.4 Å². The van der Waals surface area contributed by atoms with E-state index in [1.807, 2.05) is 11.9 Å². The number of carbonyl (C=O) groups excluding carboxylic acids is 1. The molecule has 0 spiro atoms. The van der Waals surface area contributed by atoms with E-state index in [-0.39, 0.29) is 5.69 Å². The van der Waals surface area contributed by atoms with Gasteiger partial charge in [-0.25, -0.2) is 9.78 Å². The molecule has 0 atom stereocenters. The predicted molar refractivity (Wildman–Crippen MR) is 75.2 cm³/mol. The average Bonchev–Trinajstić information content (AvgIpc) is 2.79. The molecule has 2 aromatic heterocycles. The molecular formula is C12H14N4O3S. The molecule has 0 aromatic carbocycles. The van der Waals surface area contributed by atoms with Gasteiger partial charge in [0.1, 0.15) is 5.69 Å². The number of hydrogen-bond donors (Lipinski definition) is 2. The van der Waals surface area contributed by atoms with Gasteiger partial charge in [0.05, 0.1) is 11.2 Å². The standard InChI is InChI=1S/C12H14N4O3S/c1-7-9(20-6-13-7)3-4-16(2)11(18)8-5-10(17)15-12(19)14-8/h5-6H,3-4H2,1-2H3,(H2,14,15,17,19). The lowest BCUT2D eigenvalue weighted by atomic mass is 10.2. The van der Waals surface area contributed by atoms with Crippen LogP contribution in [0.25, 0.3) is 0 Å². The SMILES string of the molecule is Cc1ncsc1CCN(C)C(=O)c1cc(=O)[nH]c(=O)[nH]1. The Bertz CT molecular complexity index is 702. The molecular weight excluding hydrogens is 280 g/mol. The minimum Gasteiger partial charge on any atom is -0.340 e. The van der Waals surface area contributed by atoms with Crippen molar-refractivity contribution in [2.24, 2.45) is 0 Å². The summed E-state index contributed by atoms with van der Waals surface area (Å²) in [5.41, 5.74) is 1.43. The van der Waals surface area contributed by atoms with Gasteiger partial charge in [0.2, 0.25) is 0 Å². The molecule has 106 valence electrons. The number of rotatable bonds is 4. The van der Waals surface area contributed by atoms with Crippen LogP contribution in [-0.2, 0) is 6.42 Å². The first-order valence-electron chi connectivity index (χ1n) is 5.95. The normalized spacial score (nSPS) is 10.5. The summed E-state index contributed by atoms with van der Waals surface area (Å²) in [7, 11) is 1.62. The number of nitrogens with one attached hydrogen (secondary N) is 2. The number of carbonyl (C=O) groups is 1. The molecule has 0 bridgehead atoms. The molecule has 0 aliphatic heterocycles. The van der Waals surface area contributed by atoms with Gasteiger partial charge in [0.25, 0.3) is 11.5 Å². The van der Waals surface area contributed by atoms with Gasteiger partial charge in [-0.05, 0) is 6.92 Å². The quantitative estimate of drug-likeness (QED) is 0.838. The molecule has 0 aliphatic rings. The third kappa shape index (κ3) is 3.21. The Labute approximate surface area is 118 Å². The summed E-state index contributed by atoms with van der Waals surface area (Å²) in [4.78, 5) is 45.5. The predicted octanol–water partition coefficient (Wildman–Crippen LogP) is 0.143. The van der Waals surface area contributed by atoms with Crippen LogP contribution in [0.15, 0.2) is 21.2 Å². The first-order valence-corrected chi connectivity index (χ1v) is 6.83. The molecule has 0 fully saturated rings. The van der Waals surface area contributed by atoms with E-state index in [1.54, 1.807) is 23.9 Å². The third-order valence-electron chi connectivity index (χ3n) is 2.86. The second-order valence-electron chi connectivity index (χ2n) is 4.34. The number of likely N-dealkylation sites (N-methyl/N-ethyl adjacent to an activating group) is 1. The monoisotopic (exact) mass is 294 g/mol. The maximum Gasteiger partial charge on any atom is 0.326 e. The van der Waals surface area contributed by atoms with Gasteiger partial charge in [-0.1, -0.05) is 0 Å². The molecule has 2 aromatic rings. The van der Waals surface area contributed by atoms with Gasteiger partial charge < -0.3 is 9.88 Å². The summed E-state index contributed by atoms with van der Waals surface area (Å²) in [6.07, 6.45) is 0.687. The minimum atomic E-state index is -0.687. The number of nitrogens with zero attached hydrogens (tertiary/aromatic N) is 2. The van der Waals surface area contributed by atoms with E-state index in [1.165, 1.54) is 4.90 Å². The molecule has 8 heteroatoms. The van der Waals surface area contributed by atoms with E-state index in [0.717, 1.165) is 16.6 Å². The maximum absolute atomic E-state index is 12.1. The third-order valence-corrected chi connectivity index (χ3v) is 3.85. The van der Waals surface area contributed by atoms with Crippen LogP contribution in [0.4, 0.5) is 0 Å². The largest absolute Gasteiger partial charge is 0.340 e. The van der Waals surface area contributed by atoms with E-state index in [2.05, 4.69) is 9.97 Å². The molecule has 2 heterocycles. The van der Waals surface area contributed by atoms with E-state index in [0.29, 0.717) is 13.0 Å². The summed E-state index contributed by atoms with van der Waals surface area (Å²) >= 11 is 1.54. The molecule has 0 saturated heterocycles. The Kier molecular flexibility index (Phi) is 4.14. The van der Waals surface area contributed by atoms with Crippen LogP contribution in [0.2, 0.25) is 0 Å². The highest BCUT2D eigenvalue weighted by atomic mass is 32.1. The fourth-order valence-corrected chi connectivity index (χ4v) is 2.50. The highest BCUT2D eigenvalue weighted by Crippen LogP contribution is 2.13. The molecule has 2 N–H and O–H groups in total.